The molecule has 3 nitrogen and oxygen atoms in total. The lowest BCUT2D eigenvalue weighted by Gasteiger charge is -2.26. The van der Waals surface area contributed by atoms with Gasteiger partial charge in [-0.3, -0.25) is 4.79 Å². The molecule has 0 bridgehead atoms. The number of amides is 1. The van der Waals surface area contributed by atoms with Crippen molar-refractivity contribution >= 4 is 5.91 Å². The third kappa shape index (κ3) is 4.08. The first-order chi connectivity index (χ1) is 6.33. The second-order valence-corrected chi connectivity index (χ2v) is 3.44. The Bertz CT molecular complexity index is 185. The molecule has 74 valence electrons. The van der Waals surface area contributed by atoms with Gasteiger partial charge in [0.2, 0.25) is 5.91 Å². The second kappa shape index (κ2) is 5.75. The van der Waals surface area contributed by atoms with E-state index in [0.29, 0.717) is 12.3 Å². The number of rotatable bonds is 5. The van der Waals surface area contributed by atoms with Gasteiger partial charge >= 0.3 is 0 Å². The fraction of sp³-hybridized carbons (Fsp3) is 0.700. The summed E-state index contributed by atoms with van der Waals surface area (Å²) in [5, 5.41) is 6.05. The van der Waals surface area contributed by atoms with Gasteiger partial charge in [-0.1, -0.05) is 12.2 Å². The number of hydrogen-bond donors (Lipinski definition) is 2. The van der Waals surface area contributed by atoms with Crippen molar-refractivity contribution in [3.05, 3.63) is 12.2 Å². The van der Waals surface area contributed by atoms with Crippen LogP contribution in [-0.2, 0) is 4.79 Å². The van der Waals surface area contributed by atoms with Crippen molar-refractivity contribution in [2.45, 2.75) is 19.8 Å². The van der Waals surface area contributed by atoms with Crippen LogP contribution in [0.1, 0.15) is 19.8 Å². The summed E-state index contributed by atoms with van der Waals surface area (Å²) in [6.45, 7) is 4.76. The fourth-order valence-electron chi connectivity index (χ4n) is 1.29. The van der Waals surface area contributed by atoms with Gasteiger partial charge in [0.25, 0.3) is 0 Å². The first kappa shape index (κ1) is 10.3. The number of carbonyl (C=O) groups excluding carboxylic acids is 1. The molecule has 0 aromatic carbocycles. The standard InChI is InChI=1S/C10H18N2O/c1-2-3-4-5-12-10(13)6-9-7-11-8-9/h2-3,9,11H,4-8H2,1H3,(H,12,13)/b3-2+. The van der Waals surface area contributed by atoms with Crippen LogP contribution in [-0.4, -0.2) is 25.5 Å². The van der Waals surface area contributed by atoms with E-state index in [9.17, 15) is 4.79 Å². The summed E-state index contributed by atoms with van der Waals surface area (Å²) in [4.78, 5) is 11.2. The van der Waals surface area contributed by atoms with E-state index in [-0.39, 0.29) is 5.91 Å². The highest BCUT2D eigenvalue weighted by molar-refractivity contribution is 5.76. The lowest BCUT2D eigenvalue weighted by atomic mass is 9.99. The van der Waals surface area contributed by atoms with E-state index in [2.05, 4.69) is 16.7 Å². The SMILES string of the molecule is C/C=C/CCNC(=O)CC1CNC1. The molecule has 0 radical (unpaired) electrons. The summed E-state index contributed by atoms with van der Waals surface area (Å²) in [6, 6.07) is 0. The van der Waals surface area contributed by atoms with Crippen molar-refractivity contribution in [2.75, 3.05) is 19.6 Å². The molecule has 0 aromatic rings. The van der Waals surface area contributed by atoms with Crippen molar-refractivity contribution in [1.29, 1.82) is 0 Å². The van der Waals surface area contributed by atoms with Crippen LogP contribution in [0.4, 0.5) is 0 Å². The Labute approximate surface area is 79.6 Å². The highest BCUT2D eigenvalue weighted by Crippen LogP contribution is 2.07. The topological polar surface area (TPSA) is 41.1 Å². The molecule has 1 amide bonds. The van der Waals surface area contributed by atoms with Crippen LogP contribution in [0.25, 0.3) is 0 Å². The molecule has 3 heteroatoms. The van der Waals surface area contributed by atoms with E-state index in [4.69, 9.17) is 0 Å². The van der Waals surface area contributed by atoms with Crippen LogP contribution in [0.3, 0.4) is 0 Å². The minimum atomic E-state index is 0.191. The van der Waals surface area contributed by atoms with Crippen LogP contribution in [0.2, 0.25) is 0 Å². The maximum absolute atomic E-state index is 11.2. The van der Waals surface area contributed by atoms with Gasteiger partial charge < -0.3 is 10.6 Å². The Balaban J connectivity index is 1.97. The molecule has 1 saturated heterocycles. The van der Waals surface area contributed by atoms with E-state index in [0.717, 1.165) is 26.1 Å². The Morgan fingerprint density at radius 2 is 2.38 bits per heavy atom. The van der Waals surface area contributed by atoms with Gasteiger partial charge in [-0.25, -0.2) is 0 Å². The van der Waals surface area contributed by atoms with Crippen LogP contribution in [0.5, 0.6) is 0 Å². The second-order valence-electron chi connectivity index (χ2n) is 3.44. The predicted molar refractivity (Wildman–Crippen MR) is 53.4 cm³/mol. The zero-order valence-corrected chi connectivity index (χ0v) is 8.18. The quantitative estimate of drug-likeness (QED) is 0.485. The summed E-state index contributed by atoms with van der Waals surface area (Å²) in [7, 11) is 0. The summed E-state index contributed by atoms with van der Waals surface area (Å²) >= 11 is 0. The van der Waals surface area contributed by atoms with Gasteiger partial charge in [0.15, 0.2) is 0 Å². The smallest absolute Gasteiger partial charge is 0.220 e. The van der Waals surface area contributed by atoms with Crippen LogP contribution in [0, 0.1) is 5.92 Å². The largest absolute Gasteiger partial charge is 0.356 e. The Morgan fingerprint density at radius 1 is 1.62 bits per heavy atom. The Hall–Kier alpha value is -0.830. The number of nitrogens with one attached hydrogen (secondary N) is 2. The van der Waals surface area contributed by atoms with Crippen LogP contribution < -0.4 is 10.6 Å². The molecule has 1 fully saturated rings. The minimum Gasteiger partial charge on any atom is -0.356 e. The molecular weight excluding hydrogens is 164 g/mol. The van der Waals surface area contributed by atoms with Crippen molar-refractivity contribution in [3.63, 3.8) is 0 Å². The average Bonchev–Trinajstić information content (AvgIpc) is 2.06. The predicted octanol–water partition coefficient (Wildman–Crippen LogP) is 0.678. The molecule has 2 N–H and O–H groups in total. The third-order valence-corrected chi connectivity index (χ3v) is 2.21. The van der Waals surface area contributed by atoms with Gasteiger partial charge in [-0.15, -0.1) is 0 Å². The lowest BCUT2D eigenvalue weighted by Crippen LogP contribution is -2.44. The first-order valence-corrected chi connectivity index (χ1v) is 4.91. The lowest BCUT2D eigenvalue weighted by molar-refractivity contribution is -0.122. The van der Waals surface area contributed by atoms with Crippen molar-refractivity contribution in [1.82, 2.24) is 10.6 Å². The molecule has 13 heavy (non-hydrogen) atoms. The molecule has 1 aliphatic rings. The highest BCUT2D eigenvalue weighted by atomic mass is 16.1. The first-order valence-electron chi connectivity index (χ1n) is 4.91. The number of carbonyl (C=O) groups is 1. The van der Waals surface area contributed by atoms with Gasteiger partial charge in [-0.2, -0.15) is 0 Å². The molecule has 0 saturated carbocycles. The summed E-state index contributed by atoms with van der Waals surface area (Å²) in [5.41, 5.74) is 0. The van der Waals surface area contributed by atoms with Gasteiger partial charge in [-0.05, 0) is 32.4 Å². The highest BCUT2D eigenvalue weighted by Gasteiger charge is 2.19. The maximum Gasteiger partial charge on any atom is 0.220 e. The molecule has 1 rings (SSSR count). The maximum atomic E-state index is 11.2. The van der Waals surface area contributed by atoms with E-state index in [1.807, 2.05) is 13.0 Å². The molecule has 0 aliphatic carbocycles. The Kier molecular flexibility index (Phi) is 4.54. The van der Waals surface area contributed by atoms with Crippen molar-refractivity contribution in [3.8, 4) is 0 Å². The zero-order chi connectivity index (χ0) is 9.52. The van der Waals surface area contributed by atoms with E-state index in [1.165, 1.54) is 0 Å². The third-order valence-electron chi connectivity index (χ3n) is 2.21. The molecule has 0 unspecified atom stereocenters. The number of allylic oxidation sites excluding steroid dienone is 1. The van der Waals surface area contributed by atoms with Gasteiger partial charge in [0.1, 0.15) is 0 Å². The Morgan fingerprint density at radius 3 is 2.92 bits per heavy atom. The van der Waals surface area contributed by atoms with Crippen molar-refractivity contribution < 1.29 is 4.79 Å². The molecule has 1 aliphatic heterocycles. The van der Waals surface area contributed by atoms with E-state index >= 15 is 0 Å². The molecule has 1 heterocycles. The summed E-state index contributed by atoms with van der Waals surface area (Å²) in [5.74, 6) is 0.762. The molecule has 0 spiro atoms. The average molecular weight is 182 g/mol. The monoisotopic (exact) mass is 182 g/mol. The summed E-state index contributed by atoms with van der Waals surface area (Å²) < 4.78 is 0. The zero-order valence-electron chi connectivity index (χ0n) is 8.18. The van der Waals surface area contributed by atoms with Crippen LogP contribution >= 0.6 is 0 Å². The minimum absolute atomic E-state index is 0.191. The summed E-state index contributed by atoms with van der Waals surface area (Å²) in [6.07, 6.45) is 5.68. The fourth-order valence-corrected chi connectivity index (χ4v) is 1.29. The molecular formula is C10H18N2O. The molecule has 0 aromatic heterocycles. The normalized spacial score (nSPS) is 17.3. The van der Waals surface area contributed by atoms with E-state index < -0.39 is 0 Å². The van der Waals surface area contributed by atoms with Gasteiger partial charge in [0.05, 0.1) is 0 Å². The molecule has 0 atom stereocenters. The number of hydrogen-bond acceptors (Lipinski definition) is 2. The van der Waals surface area contributed by atoms with Gasteiger partial charge in [0, 0.05) is 13.0 Å². The van der Waals surface area contributed by atoms with Crippen LogP contribution in [0.15, 0.2) is 12.2 Å². The van der Waals surface area contributed by atoms with Crippen molar-refractivity contribution in [2.24, 2.45) is 5.92 Å². The van der Waals surface area contributed by atoms with E-state index in [1.54, 1.807) is 0 Å².